The van der Waals surface area contributed by atoms with Crippen molar-refractivity contribution >= 4 is 35.8 Å². The molecule has 0 amide bonds. The molecule has 0 aromatic heterocycles. The van der Waals surface area contributed by atoms with Crippen LogP contribution in [-0.2, 0) is 18.6 Å². The summed E-state index contributed by atoms with van der Waals surface area (Å²) < 4.78 is 0.627. The Morgan fingerprint density at radius 3 is 2.00 bits per heavy atom. The van der Waals surface area contributed by atoms with Gasteiger partial charge < -0.3 is 6.92 Å². The smallest absolute Gasteiger partial charge is 0.212 e. The van der Waals surface area contributed by atoms with E-state index in [0.717, 1.165) is 0 Å². The van der Waals surface area contributed by atoms with Gasteiger partial charge in [-0.15, -0.1) is 22.4 Å². The van der Waals surface area contributed by atoms with Crippen LogP contribution in [0.5, 0.6) is 0 Å². The summed E-state index contributed by atoms with van der Waals surface area (Å²) in [5.74, 6) is 0.551. The SMILES string of the molecule is [CH2-]C(C)B(P)I.[V]. The van der Waals surface area contributed by atoms with Crippen molar-refractivity contribution in [2.45, 2.75) is 12.7 Å². The number of rotatable bonds is 1. The Morgan fingerprint density at radius 2 is 2.00 bits per heavy atom. The van der Waals surface area contributed by atoms with Crippen LogP contribution in [0.1, 0.15) is 6.92 Å². The summed E-state index contributed by atoms with van der Waals surface area (Å²) >= 11 is 2.33. The minimum absolute atomic E-state index is 0. The summed E-state index contributed by atoms with van der Waals surface area (Å²) in [6.45, 7) is 5.91. The Kier molecular flexibility index (Phi) is 9.83. The second-order valence-corrected chi connectivity index (χ2v) is 4.94. The molecule has 2 atom stereocenters. The summed E-state index contributed by atoms with van der Waals surface area (Å²) in [5.41, 5.74) is 0. The molecule has 0 spiro atoms. The molecule has 0 aromatic carbocycles. The fourth-order valence-corrected chi connectivity index (χ4v) is 0. The van der Waals surface area contributed by atoms with Gasteiger partial charge in [0, 0.05) is 18.6 Å². The first-order valence-electron chi connectivity index (χ1n) is 1.87. The standard InChI is InChI=1S/C3H8BIP.V/c1-3(2)4(5)6;/h3H,1,6H2,2H3;/q-1;. The zero-order chi connectivity index (χ0) is 5.15. The third-order valence-electron chi connectivity index (χ3n) is 0.544. The van der Waals surface area contributed by atoms with Gasteiger partial charge >= 0.3 is 0 Å². The molecular weight excluding hydrogens is 256 g/mol. The van der Waals surface area contributed by atoms with Crippen molar-refractivity contribution in [1.82, 2.24) is 0 Å². The molecule has 41 valence electrons. The molecule has 7 heavy (non-hydrogen) atoms. The molecule has 0 aliphatic heterocycles. The molecule has 0 heterocycles. The fraction of sp³-hybridized carbons (Fsp3) is 0.667. The van der Waals surface area contributed by atoms with Crippen LogP contribution in [0.4, 0.5) is 0 Å². The normalized spacial score (nSPS) is 12.0. The predicted octanol–water partition coefficient (Wildman–Crippen LogP) is 2.01. The van der Waals surface area contributed by atoms with Gasteiger partial charge in [0.15, 0.2) is 0 Å². The zero-order valence-corrected chi connectivity index (χ0v) is 8.97. The minimum Gasteiger partial charge on any atom is -0.346 e. The van der Waals surface area contributed by atoms with E-state index < -0.39 is 0 Å². The quantitative estimate of drug-likeness (QED) is 0.294. The van der Waals surface area contributed by atoms with Gasteiger partial charge in [-0.05, 0) is 0 Å². The summed E-state index contributed by atoms with van der Waals surface area (Å²) in [7, 11) is 2.70. The molecule has 4 heteroatoms. The molecule has 0 saturated heterocycles. The maximum atomic E-state index is 3.81. The second-order valence-electron chi connectivity index (χ2n) is 1.42. The molecule has 0 fully saturated rings. The van der Waals surface area contributed by atoms with Crippen LogP contribution in [0.3, 0.4) is 0 Å². The van der Waals surface area contributed by atoms with Crippen molar-refractivity contribution in [1.29, 1.82) is 0 Å². The van der Waals surface area contributed by atoms with E-state index in [4.69, 9.17) is 0 Å². The molecule has 0 aliphatic carbocycles. The summed E-state index contributed by atoms with van der Waals surface area (Å²) in [4.78, 5) is 0. The molecule has 0 bridgehead atoms. The van der Waals surface area contributed by atoms with E-state index in [1.165, 1.54) is 0 Å². The monoisotopic (exact) mass is 264 g/mol. The van der Waals surface area contributed by atoms with Crippen LogP contribution in [0.15, 0.2) is 0 Å². The first kappa shape index (κ1) is 11.6. The topological polar surface area (TPSA) is 0 Å². The van der Waals surface area contributed by atoms with Crippen LogP contribution in [-0.4, -0.2) is 4.29 Å². The van der Waals surface area contributed by atoms with Gasteiger partial charge in [0.1, 0.15) is 0 Å². The van der Waals surface area contributed by atoms with Gasteiger partial charge in [-0.1, -0.05) is 6.92 Å². The first-order chi connectivity index (χ1) is 2.64. The fourth-order valence-electron chi connectivity index (χ4n) is 0. The minimum atomic E-state index is 0. The van der Waals surface area contributed by atoms with Gasteiger partial charge in [-0.2, -0.15) is 14.9 Å². The van der Waals surface area contributed by atoms with Crippen LogP contribution in [0.2, 0.25) is 5.82 Å². The van der Waals surface area contributed by atoms with Gasteiger partial charge in [0.25, 0.3) is 0 Å². The van der Waals surface area contributed by atoms with E-state index in [0.29, 0.717) is 10.1 Å². The average Bonchev–Trinajstić information content (AvgIpc) is 1.36. The average molecular weight is 264 g/mol. The maximum Gasteiger partial charge on any atom is 0.212 e. The van der Waals surface area contributed by atoms with Crippen molar-refractivity contribution < 1.29 is 18.6 Å². The van der Waals surface area contributed by atoms with Crippen molar-refractivity contribution in [3.8, 4) is 0 Å². The van der Waals surface area contributed by atoms with Crippen LogP contribution in [0.25, 0.3) is 0 Å². The Labute approximate surface area is 73.6 Å². The predicted molar refractivity (Wildman–Crippen MR) is 44.3 cm³/mol. The van der Waals surface area contributed by atoms with Crippen molar-refractivity contribution in [3.63, 3.8) is 0 Å². The molecule has 2 unspecified atom stereocenters. The number of hydrogen-bond acceptors (Lipinski definition) is 0. The van der Waals surface area contributed by atoms with E-state index in [1.54, 1.807) is 0 Å². The van der Waals surface area contributed by atoms with E-state index >= 15 is 0 Å². The van der Waals surface area contributed by atoms with E-state index in [-0.39, 0.29) is 18.6 Å². The second kappa shape index (κ2) is 5.94. The van der Waals surface area contributed by atoms with Crippen LogP contribution >= 0.6 is 31.5 Å². The van der Waals surface area contributed by atoms with E-state index in [2.05, 4.69) is 45.3 Å². The number of hydrogen-bond donors (Lipinski definition) is 0. The van der Waals surface area contributed by atoms with Crippen LogP contribution in [0, 0.1) is 6.92 Å². The molecule has 1 radical (unpaired) electrons. The molecule has 0 nitrogen and oxygen atoms in total. The Bertz CT molecular complexity index is 35.9. The zero-order valence-electron chi connectivity index (χ0n) is 4.26. The molecule has 0 N–H and O–H groups in total. The van der Waals surface area contributed by atoms with E-state index in [9.17, 15) is 0 Å². The molecule has 0 rings (SSSR count). The largest absolute Gasteiger partial charge is 0.346 e. The Morgan fingerprint density at radius 1 is 1.86 bits per heavy atom. The summed E-state index contributed by atoms with van der Waals surface area (Å²) in [6.07, 6.45) is 0. The van der Waals surface area contributed by atoms with Crippen molar-refractivity contribution in [3.05, 3.63) is 6.92 Å². The molecule has 0 saturated carbocycles. The van der Waals surface area contributed by atoms with Crippen molar-refractivity contribution in [2.24, 2.45) is 0 Å². The van der Waals surface area contributed by atoms with Gasteiger partial charge in [-0.25, -0.2) is 0 Å². The van der Waals surface area contributed by atoms with Gasteiger partial charge in [0.2, 0.25) is 4.29 Å². The number of halogens is 1. The van der Waals surface area contributed by atoms with Gasteiger partial charge in [-0.3, -0.25) is 0 Å². The maximum absolute atomic E-state index is 3.81. The van der Waals surface area contributed by atoms with Crippen molar-refractivity contribution in [2.75, 3.05) is 0 Å². The van der Waals surface area contributed by atoms with Crippen LogP contribution < -0.4 is 0 Å². The first-order valence-corrected chi connectivity index (χ1v) is 3.78. The molecule has 0 aromatic rings. The molecular formula is C3H8BIPV-. The summed E-state index contributed by atoms with van der Waals surface area (Å²) in [5, 5.41) is 0. The van der Waals surface area contributed by atoms with E-state index in [1.807, 2.05) is 0 Å². The summed E-state index contributed by atoms with van der Waals surface area (Å²) in [6, 6.07) is 0. The third kappa shape index (κ3) is 7.81. The van der Waals surface area contributed by atoms with Gasteiger partial charge in [0.05, 0.1) is 0 Å². The third-order valence-corrected chi connectivity index (χ3v) is 2.43. The molecule has 0 aliphatic rings. The Balaban J connectivity index is 0. The Hall–Kier alpha value is 1.81.